The lowest BCUT2D eigenvalue weighted by Crippen LogP contribution is -2.49. The van der Waals surface area contributed by atoms with Crippen LogP contribution < -0.4 is 4.90 Å². The normalized spacial score (nSPS) is 21.9. The van der Waals surface area contributed by atoms with Gasteiger partial charge in [-0.25, -0.2) is 0 Å². The van der Waals surface area contributed by atoms with Gasteiger partial charge in [0.15, 0.2) is 0 Å². The van der Waals surface area contributed by atoms with Gasteiger partial charge in [0, 0.05) is 18.8 Å². The molecule has 0 atom stereocenters. The molecule has 2 fully saturated rings. The first-order valence-corrected chi connectivity index (χ1v) is 6.86. The van der Waals surface area contributed by atoms with E-state index in [1.54, 1.807) is 4.90 Å². The van der Waals surface area contributed by atoms with E-state index in [0.717, 1.165) is 17.8 Å². The number of carbonyl (C=O) groups excluding carboxylic acids is 1. The van der Waals surface area contributed by atoms with Crippen LogP contribution in [0, 0.1) is 0 Å². The first kappa shape index (κ1) is 13.1. The number of rotatable bonds is 3. The zero-order chi connectivity index (χ0) is 14.3. The van der Waals surface area contributed by atoms with Crippen LogP contribution in [-0.4, -0.2) is 48.6 Å². The quantitative estimate of drug-likeness (QED) is 0.896. The van der Waals surface area contributed by atoms with Gasteiger partial charge in [0.25, 0.3) is 0 Å². The molecule has 106 valence electrons. The Bertz CT molecular complexity index is 566. The largest absolute Gasteiger partial charge is 0.481 e. The molecule has 1 aliphatic carbocycles. The van der Waals surface area contributed by atoms with Gasteiger partial charge in [-0.2, -0.15) is 0 Å². The summed E-state index contributed by atoms with van der Waals surface area (Å²) < 4.78 is 0. The number of hydrogen-bond donors (Lipinski definition) is 1. The van der Waals surface area contributed by atoms with Gasteiger partial charge in [-0.15, -0.1) is 0 Å². The van der Waals surface area contributed by atoms with Crippen LogP contribution in [0.2, 0.25) is 0 Å². The van der Waals surface area contributed by atoms with E-state index in [2.05, 4.69) is 0 Å². The minimum Gasteiger partial charge on any atom is -0.481 e. The number of benzene rings is 1. The van der Waals surface area contributed by atoms with Crippen LogP contribution in [0.4, 0.5) is 5.69 Å². The van der Waals surface area contributed by atoms with Crippen molar-refractivity contribution in [2.24, 2.45) is 0 Å². The average Bonchev–Trinajstić information content (AvgIpc) is 3.20. The summed E-state index contributed by atoms with van der Waals surface area (Å²) in [4.78, 5) is 27.2. The summed E-state index contributed by atoms with van der Waals surface area (Å²) in [7, 11) is 1.93. The molecule has 20 heavy (non-hydrogen) atoms. The van der Waals surface area contributed by atoms with Crippen molar-refractivity contribution < 1.29 is 14.7 Å². The van der Waals surface area contributed by atoms with Gasteiger partial charge >= 0.3 is 5.97 Å². The Balaban J connectivity index is 1.89. The molecule has 0 spiro atoms. The molecule has 0 bridgehead atoms. The van der Waals surface area contributed by atoms with Crippen molar-refractivity contribution in [1.82, 2.24) is 4.90 Å². The molecular weight excluding hydrogens is 256 g/mol. The molecule has 2 aliphatic rings. The lowest BCUT2D eigenvalue weighted by molar-refractivity contribution is -0.140. The molecule has 0 unspecified atom stereocenters. The van der Waals surface area contributed by atoms with E-state index >= 15 is 0 Å². The third-order valence-electron chi connectivity index (χ3n) is 4.28. The third-order valence-corrected chi connectivity index (χ3v) is 4.28. The Hall–Kier alpha value is -1.88. The maximum absolute atomic E-state index is 12.1. The van der Waals surface area contributed by atoms with Crippen molar-refractivity contribution in [3.63, 3.8) is 0 Å². The summed E-state index contributed by atoms with van der Waals surface area (Å²) >= 11 is 0. The standard InChI is InChI=1S/C15H18N2O3/c1-16-7-8-17(13(18)10-16)12-4-2-3-11(9-12)15(5-6-15)14(19)20/h2-4,9H,5-8,10H2,1H3,(H,19,20). The zero-order valence-electron chi connectivity index (χ0n) is 11.5. The summed E-state index contributed by atoms with van der Waals surface area (Å²) in [6.45, 7) is 1.90. The molecule has 1 heterocycles. The van der Waals surface area contributed by atoms with Gasteiger partial charge in [0.05, 0.1) is 12.0 Å². The zero-order valence-corrected chi connectivity index (χ0v) is 11.5. The molecule has 3 rings (SSSR count). The molecular formula is C15H18N2O3. The van der Waals surface area contributed by atoms with Crippen molar-refractivity contribution in [2.45, 2.75) is 18.3 Å². The van der Waals surface area contributed by atoms with Crippen molar-refractivity contribution in [2.75, 3.05) is 31.6 Å². The van der Waals surface area contributed by atoms with Gasteiger partial charge in [-0.3, -0.25) is 14.5 Å². The predicted octanol–water partition coefficient (Wildman–Crippen LogP) is 1.08. The fourth-order valence-electron chi connectivity index (χ4n) is 2.79. The Kier molecular flexibility index (Phi) is 3.01. The van der Waals surface area contributed by atoms with E-state index < -0.39 is 11.4 Å². The van der Waals surface area contributed by atoms with E-state index in [4.69, 9.17) is 0 Å². The number of piperazine rings is 1. The number of hydrogen-bond acceptors (Lipinski definition) is 3. The van der Waals surface area contributed by atoms with Crippen LogP contribution in [0.25, 0.3) is 0 Å². The van der Waals surface area contributed by atoms with Crippen LogP contribution in [0.1, 0.15) is 18.4 Å². The van der Waals surface area contributed by atoms with Crippen LogP contribution in [0.15, 0.2) is 24.3 Å². The van der Waals surface area contributed by atoms with Gasteiger partial charge in [0.1, 0.15) is 0 Å². The summed E-state index contributed by atoms with van der Waals surface area (Å²) in [5.74, 6) is -0.699. The van der Waals surface area contributed by atoms with Crippen LogP contribution in [0.5, 0.6) is 0 Å². The molecule has 5 heteroatoms. The third kappa shape index (κ3) is 2.08. The topological polar surface area (TPSA) is 60.9 Å². The second kappa shape index (κ2) is 4.59. The minimum absolute atomic E-state index is 0.0658. The Labute approximate surface area is 117 Å². The molecule has 1 amide bonds. The highest BCUT2D eigenvalue weighted by Crippen LogP contribution is 2.49. The van der Waals surface area contributed by atoms with Gasteiger partial charge < -0.3 is 10.0 Å². The highest BCUT2D eigenvalue weighted by molar-refractivity contribution is 5.96. The average molecular weight is 274 g/mol. The predicted molar refractivity (Wildman–Crippen MR) is 74.8 cm³/mol. The van der Waals surface area contributed by atoms with E-state index in [-0.39, 0.29) is 5.91 Å². The molecule has 0 radical (unpaired) electrons. The first-order chi connectivity index (χ1) is 9.53. The molecule has 0 aromatic heterocycles. The summed E-state index contributed by atoms with van der Waals surface area (Å²) in [5.41, 5.74) is 0.911. The number of carboxylic acids is 1. The summed E-state index contributed by atoms with van der Waals surface area (Å²) in [5, 5.41) is 9.36. The van der Waals surface area contributed by atoms with Crippen LogP contribution >= 0.6 is 0 Å². The smallest absolute Gasteiger partial charge is 0.314 e. The maximum atomic E-state index is 12.1. The number of nitrogens with zero attached hydrogens (tertiary/aromatic N) is 2. The molecule has 1 saturated heterocycles. The Morgan fingerprint density at radius 3 is 2.65 bits per heavy atom. The first-order valence-electron chi connectivity index (χ1n) is 6.86. The number of aliphatic carboxylic acids is 1. The Morgan fingerprint density at radius 1 is 1.30 bits per heavy atom. The van der Waals surface area contributed by atoms with E-state index in [9.17, 15) is 14.7 Å². The second-order valence-electron chi connectivity index (χ2n) is 5.72. The monoisotopic (exact) mass is 274 g/mol. The lowest BCUT2D eigenvalue weighted by atomic mass is 9.95. The van der Waals surface area contributed by atoms with E-state index in [1.165, 1.54) is 0 Å². The fourth-order valence-corrected chi connectivity index (χ4v) is 2.79. The summed E-state index contributed by atoms with van der Waals surface area (Å²) in [6, 6.07) is 7.44. The number of anilines is 1. The minimum atomic E-state index is -0.764. The van der Waals surface area contributed by atoms with Gasteiger partial charge in [-0.1, -0.05) is 12.1 Å². The summed E-state index contributed by atoms with van der Waals surface area (Å²) in [6.07, 6.45) is 1.37. The van der Waals surface area contributed by atoms with Crippen LogP contribution in [0.3, 0.4) is 0 Å². The van der Waals surface area contributed by atoms with Crippen LogP contribution in [-0.2, 0) is 15.0 Å². The SMILES string of the molecule is CN1CCN(c2cccc(C3(C(=O)O)CC3)c2)C(=O)C1. The maximum Gasteiger partial charge on any atom is 0.314 e. The van der Waals surface area contributed by atoms with Gasteiger partial charge in [-0.05, 0) is 37.6 Å². The van der Waals surface area contributed by atoms with Crippen molar-refractivity contribution >= 4 is 17.6 Å². The number of carboxylic acid groups (broad SMARTS) is 1. The molecule has 1 N–H and O–H groups in total. The molecule has 1 saturated carbocycles. The number of carbonyl (C=O) groups is 2. The molecule has 1 aromatic carbocycles. The lowest BCUT2D eigenvalue weighted by Gasteiger charge is -2.32. The molecule has 1 aromatic rings. The molecule has 5 nitrogen and oxygen atoms in total. The highest BCUT2D eigenvalue weighted by Gasteiger charge is 2.51. The van der Waals surface area contributed by atoms with Crippen molar-refractivity contribution in [3.05, 3.63) is 29.8 Å². The number of likely N-dealkylation sites (N-methyl/N-ethyl adjacent to an activating group) is 1. The molecule has 1 aliphatic heterocycles. The highest BCUT2D eigenvalue weighted by atomic mass is 16.4. The van der Waals surface area contributed by atoms with Crippen molar-refractivity contribution in [3.8, 4) is 0 Å². The van der Waals surface area contributed by atoms with E-state index in [1.807, 2.05) is 36.2 Å². The van der Waals surface area contributed by atoms with Gasteiger partial charge in [0.2, 0.25) is 5.91 Å². The Morgan fingerprint density at radius 2 is 2.05 bits per heavy atom. The van der Waals surface area contributed by atoms with E-state index in [0.29, 0.717) is 25.9 Å². The van der Waals surface area contributed by atoms with Crippen molar-refractivity contribution in [1.29, 1.82) is 0 Å². The fraction of sp³-hybridized carbons (Fsp3) is 0.467. The number of amides is 1. The second-order valence-corrected chi connectivity index (χ2v) is 5.72.